The zero-order valence-corrected chi connectivity index (χ0v) is 19.7. The van der Waals surface area contributed by atoms with Gasteiger partial charge in [-0.05, 0) is 56.3 Å². The number of fused-ring (bicyclic) bond motifs is 1. The fourth-order valence-electron chi connectivity index (χ4n) is 4.58. The number of benzene rings is 2. The van der Waals surface area contributed by atoms with Crippen molar-refractivity contribution in [3.63, 3.8) is 0 Å². The van der Waals surface area contributed by atoms with Gasteiger partial charge in [-0.1, -0.05) is 54.6 Å². The molecule has 2 aromatic carbocycles. The summed E-state index contributed by atoms with van der Waals surface area (Å²) in [5.74, 6) is -0.818. The van der Waals surface area contributed by atoms with Gasteiger partial charge in [0.15, 0.2) is 0 Å². The fraction of sp³-hybridized carbons (Fsp3) is 0.357. The van der Waals surface area contributed by atoms with E-state index in [1.165, 1.54) is 23.4 Å². The number of rotatable bonds is 9. The Kier molecular flexibility index (Phi) is 7.27. The normalized spacial score (nSPS) is 16.4. The lowest BCUT2D eigenvalue weighted by Crippen LogP contribution is -2.37. The van der Waals surface area contributed by atoms with Crippen molar-refractivity contribution in [2.75, 3.05) is 18.4 Å². The first-order chi connectivity index (χ1) is 16.3. The molecule has 5 nitrogen and oxygen atoms in total. The van der Waals surface area contributed by atoms with E-state index in [2.05, 4.69) is 52.0 Å². The van der Waals surface area contributed by atoms with Gasteiger partial charge in [0.1, 0.15) is 5.82 Å². The predicted molar refractivity (Wildman–Crippen MR) is 132 cm³/mol. The average molecular weight is 462 g/mol. The highest BCUT2D eigenvalue weighted by Gasteiger charge is 2.29. The molecule has 1 aliphatic rings. The van der Waals surface area contributed by atoms with Crippen molar-refractivity contribution in [1.29, 1.82) is 0 Å². The molecule has 2 atom stereocenters. The van der Waals surface area contributed by atoms with Gasteiger partial charge in [0, 0.05) is 24.6 Å². The van der Waals surface area contributed by atoms with Crippen molar-refractivity contribution in [2.24, 2.45) is 11.3 Å². The third-order valence-corrected chi connectivity index (χ3v) is 6.60. The molecule has 0 saturated heterocycles. The third kappa shape index (κ3) is 5.81. The molecule has 0 bridgehead atoms. The van der Waals surface area contributed by atoms with Crippen molar-refractivity contribution in [1.82, 2.24) is 10.3 Å². The van der Waals surface area contributed by atoms with Crippen LogP contribution in [0.15, 0.2) is 66.9 Å². The quantitative estimate of drug-likeness (QED) is 0.417. The van der Waals surface area contributed by atoms with Crippen LogP contribution in [0.2, 0.25) is 0 Å². The molecule has 6 heteroatoms. The molecule has 0 radical (unpaired) electrons. The number of nitrogens with zero attached hydrogens (tertiary/aromatic N) is 1. The molecule has 2 heterocycles. The van der Waals surface area contributed by atoms with E-state index in [9.17, 15) is 14.3 Å². The number of halogens is 1. The van der Waals surface area contributed by atoms with Gasteiger partial charge in [-0.25, -0.2) is 4.39 Å². The minimum atomic E-state index is -0.784. The average Bonchev–Trinajstić information content (AvgIpc) is 2.83. The summed E-state index contributed by atoms with van der Waals surface area (Å²) in [4.78, 5) is 15.7. The van der Waals surface area contributed by atoms with Crippen molar-refractivity contribution >= 4 is 11.7 Å². The number of anilines is 1. The Bertz CT molecular complexity index is 1120. The molecule has 3 aromatic rings. The molecule has 3 N–H and O–H groups in total. The number of pyridine rings is 1. The summed E-state index contributed by atoms with van der Waals surface area (Å²) in [6.45, 7) is 5.06. The third-order valence-electron chi connectivity index (χ3n) is 6.60. The van der Waals surface area contributed by atoms with E-state index in [1.807, 2.05) is 18.2 Å². The summed E-state index contributed by atoms with van der Waals surface area (Å²) in [6, 6.07) is 20.3. The molecule has 0 unspecified atom stereocenters. The number of nitrogens with one attached hydrogen (secondary N) is 2. The van der Waals surface area contributed by atoms with Gasteiger partial charge in [-0.3, -0.25) is 9.78 Å². The van der Waals surface area contributed by atoms with Crippen LogP contribution in [0.3, 0.4) is 0 Å². The van der Waals surface area contributed by atoms with E-state index in [0.29, 0.717) is 6.42 Å². The first kappa shape index (κ1) is 23.9. The predicted octanol–water partition coefficient (Wildman–Crippen LogP) is 5.03. The van der Waals surface area contributed by atoms with E-state index < -0.39 is 11.4 Å². The van der Waals surface area contributed by atoms with Crippen LogP contribution in [-0.2, 0) is 24.1 Å². The number of aliphatic carboxylic acids is 1. The lowest BCUT2D eigenvalue weighted by atomic mass is 9.85. The van der Waals surface area contributed by atoms with Crippen molar-refractivity contribution in [3.05, 3.63) is 95.1 Å². The molecular weight excluding hydrogens is 429 g/mol. The topological polar surface area (TPSA) is 74.2 Å². The molecule has 4 rings (SSSR count). The Balaban J connectivity index is 1.40. The minimum Gasteiger partial charge on any atom is -0.481 e. The molecule has 1 aromatic heterocycles. The van der Waals surface area contributed by atoms with E-state index in [1.54, 1.807) is 13.8 Å². The van der Waals surface area contributed by atoms with Crippen LogP contribution in [0, 0.1) is 17.2 Å². The maximum absolute atomic E-state index is 13.5. The van der Waals surface area contributed by atoms with Crippen LogP contribution in [-0.4, -0.2) is 29.1 Å². The van der Waals surface area contributed by atoms with E-state index >= 15 is 0 Å². The molecular formula is C28H32FN3O2. The molecule has 0 amide bonds. The maximum atomic E-state index is 13.5. The van der Waals surface area contributed by atoms with Crippen molar-refractivity contribution in [2.45, 2.75) is 39.2 Å². The Morgan fingerprint density at radius 1 is 1.18 bits per heavy atom. The molecule has 1 aliphatic heterocycles. The highest BCUT2D eigenvalue weighted by Crippen LogP contribution is 2.31. The van der Waals surface area contributed by atoms with Gasteiger partial charge in [0.25, 0.3) is 0 Å². The van der Waals surface area contributed by atoms with E-state index in [4.69, 9.17) is 0 Å². The first-order valence-electron chi connectivity index (χ1n) is 11.8. The molecule has 178 valence electrons. The SMILES string of the molecule is CC(C)(Cc1ccc(CCN[C@H](c2ccccc2)[C@H]2CNc3cc(F)cnc3C2)cc1)C(=O)O. The minimum absolute atomic E-state index is 0.143. The highest BCUT2D eigenvalue weighted by atomic mass is 19.1. The Labute approximate surface area is 200 Å². The Morgan fingerprint density at radius 3 is 2.59 bits per heavy atom. The number of carboxylic acids is 1. The van der Waals surface area contributed by atoms with Gasteiger partial charge in [-0.15, -0.1) is 0 Å². The Hall–Kier alpha value is -3.25. The summed E-state index contributed by atoms with van der Waals surface area (Å²) in [5, 5.41) is 16.5. The van der Waals surface area contributed by atoms with Gasteiger partial charge < -0.3 is 15.7 Å². The van der Waals surface area contributed by atoms with Crippen LogP contribution in [0.5, 0.6) is 0 Å². The maximum Gasteiger partial charge on any atom is 0.309 e. The van der Waals surface area contributed by atoms with E-state index in [0.717, 1.165) is 42.9 Å². The number of hydrogen-bond acceptors (Lipinski definition) is 4. The van der Waals surface area contributed by atoms with Gasteiger partial charge in [-0.2, -0.15) is 0 Å². The number of carboxylic acid groups (broad SMARTS) is 1. The smallest absolute Gasteiger partial charge is 0.309 e. The second-order valence-corrected chi connectivity index (χ2v) is 9.77. The number of aromatic nitrogens is 1. The van der Waals surface area contributed by atoms with Gasteiger partial charge in [0.05, 0.1) is 23.0 Å². The molecule has 0 aliphatic carbocycles. The lowest BCUT2D eigenvalue weighted by molar-refractivity contribution is -0.146. The molecule has 0 fully saturated rings. The largest absolute Gasteiger partial charge is 0.481 e. The van der Waals surface area contributed by atoms with Gasteiger partial charge in [0.2, 0.25) is 0 Å². The van der Waals surface area contributed by atoms with Crippen LogP contribution in [0.1, 0.15) is 42.3 Å². The molecule has 0 saturated carbocycles. The Morgan fingerprint density at radius 2 is 1.88 bits per heavy atom. The van der Waals surface area contributed by atoms with Crippen LogP contribution in [0.4, 0.5) is 10.1 Å². The number of carbonyl (C=O) groups is 1. The highest BCUT2D eigenvalue weighted by molar-refractivity contribution is 5.74. The zero-order valence-electron chi connectivity index (χ0n) is 19.7. The summed E-state index contributed by atoms with van der Waals surface area (Å²) in [5.41, 5.74) is 4.38. The summed E-state index contributed by atoms with van der Waals surface area (Å²) in [7, 11) is 0. The van der Waals surface area contributed by atoms with Crippen LogP contribution >= 0.6 is 0 Å². The fourth-order valence-corrected chi connectivity index (χ4v) is 4.58. The van der Waals surface area contributed by atoms with Crippen LogP contribution < -0.4 is 10.6 Å². The second-order valence-electron chi connectivity index (χ2n) is 9.77. The summed E-state index contributed by atoms with van der Waals surface area (Å²) >= 11 is 0. The van der Waals surface area contributed by atoms with E-state index in [-0.39, 0.29) is 17.8 Å². The second kappa shape index (κ2) is 10.3. The standard InChI is InChI=1S/C28H32FN3O2/c1-28(2,27(33)34)16-20-10-8-19(9-11-20)12-13-30-26(21-6-4-3-5-7-21)22-14-24-25(31-17-22)15-23(29)18-32-24/h3-11,15,18,22,26,30-31H,12-14,16-17H2,1-2H3,(H,33,34)/t22-,26-/m1/s1. The lowest BCUT2D eigenvalue weighted by Gasteiger charge is -2.33. The monoisotopic (exact) mass is 461 g/mol. The number of hydrogen-bond donors (Lipinski definition) is 3. The van der Waals surface area contributed by atoms with Crippen LogP contribution in [0.25, 0.3) is 0 Å². The molecule has 34 heavy (non-hydrogen) atoms. The summed E-state index contributed by atoms with van der Waals surface area (Å²) < 4.78 is 13.5. The summed E-state index contributed by atoms with van der Waals surface area (Å²) in [6.07, 6.45) is 3.44. The van der Waals surface area contributed by atoms with Gasteiger partial charge >= 0.3 is 5.97 Å². The molecule has 0 spiro atoms. The zero-order chi connectivity index (χ0) is 24.1. The first-order valence-corrected chi connectivity index (χ1v) is 11.8. The van der Waals surface area contributed by atoms with Crippen molar-refractivity contribution in [3.8, 4) is 0 Å². The van der Waals surface area contributed by atoms with Crippen molar-refractivity contribution < 1.29 is 14.3 Å².